The first-order chi connectivity index (χ1) is 12.8. The summed E-state index contributed by atoms with van der Waals surface area (Å²) in [7, 11) is -3.90. The molecule has 0 unspecified atom stereocenters. The molecule has 5 N–H and O–H groups in total. The number of nitrogens with one attached hydrogen (secondary N) is 1. The van der Waals surface area contributed by atoms with Crippen molar-refractivity contribution in [2.75, 3.05) is 17.9 Å². The summed E-state index contributed by atoms with van der Waals surface area (Å²) in [5.41, 5.74) is 10.5. The van der Waals surface area contributed by atoms with Crippen molar-refractivity contribution in [3.8, 4) is 5.75 Å². The number of hydrogen-bond donors (Lipinski definition) is 3. The standard InChI is InChI=1S/C16H18Cl2N4O4S/c17-11-8-12(18)10-13(9-11)27(23,24)22-14-4-1-2-5-15(14)25-6-3-7-26-21-16(19)20/h1-2,4-5,8-10,22H,3,6-7H2,(H4,19,20,21). The Morgan fingerprint density at radius 3 is 2.41 bits per heavy atom. The second-order valence-electron chi connectivity index (χ2n) is 5.26. The van der Waals surface area contributed by atoms with Crippen LogP contribution in [-0.4, -0.2) is 27.6 Å². The van der Waals surface area contributed by atoms with E-state index in [1.807, 2.05) is 0 Å². The van der Waals surface area contributed by atoms with Crippen LogP contribution < -0.4 is 20.9 Å². The van der Waals surface area contributed by atoms with Crippen molar-refractivity contribution >= 4 is 44.9 Å². The highest BCUT2D eigenvalue weighted by Gasteiger charge is 2.18. The number of nitrogens with two attached hydrogens (primary N) is 2. The van der Waals surface area contributed by atoms with Gasteiger partial charge < -0.3 is 21.0 Å². The van der Waals surface area contributed by atoms with Gasteiger partial charge in [0.1, 0.15) is 12.4 Å². The van der Waals surface area contributed by atoms with Gasteiger partial charge in [0.15, 0.2) is 0 Å². The van der Waals surface area contributed by atoms with Gasteiger partial charge in [-0.2, -0.15) is 0 Å². The number of nitrogens with zero attached hydrogens (tertiary/aromatic N) is 1. The number of halogens is 2. The first-order valence-corrected chi connectivity index (χ1v) is 9.93. The minimum atomic E-state index is -3.90. The summed E-state index contributed by atoms with van der Waals surface area (Å²) in [6.07, 6.45) is 0.488. The quantitative estimate of drug-likeness (QED) is 0.241. The van der Waals surface area contributed by atoms with Crippen molar-refractivity contribution in [3.05, 3.63) is 52.5 Å². The van der Waals surface area contributed by atoms with E-state index in [0.29, 0.717) is 12.2 Å². The van der Waals surface area contributed by atoms with Gasteiger partial charge in [-0.3, -0.25) is 4.72 Å². The fourth-order valence-electron chi connectivity index (χ4n) is 1.99. The molecular formula is C16H18Cl2N4O4S. The molecule has 2 aromatic carbocycles. The Labute approximate surface area is 167 Å². The first-order valence-electron chi connectivity index (χ1n) is 7.69. The normalized spacial score (nSPS) is 10.9. The molecule has 0 atom stereocenters. The number of ether oxygens (including phenoxy) is 1. The third-order valence-corrected chi connectivity index (χ3v) is 4.87. The highest BCUT2D eigenvalue weighted by molar-refractivity contribution is 7.92. The van der Waals surface area contributed by atoms with E-state index in [-0.39, 0.29) is 39.8 Å². The molecule has 0 heterocycles. The molecule has 8 nitrogen and oxygen atoms in total. The van der Waals surface area contributed by atoms with E-state index in [9.17, 15) is 8.42 Å². The van der Waals surface area contributed by atoms with Crippen LogP contribution >= 0.6 is 23.2 Å². The molecule has 0 fully saturated rings. The number of oxime groups is 1. The summed E-state index contributed by atoms with van der Waals surface area (Å²) < 4.78 is 33.3. The van der Waals surface area contributed by atoms with E-state index in [0.717, 1.165) is 0 Å². The van der Waals surface area contributed by atoms with Crippen LogP contribution in [0.4, 0.5) is 5.69 Å². The highest BCUT2D eigenvalue weighted by atomic mass is 35.5. The predicted octanol–water partition coefficient (Wildman–Crippen LogP) is 2.77. The average Bonchev–Trinajstić information content (AvgIpc) is 2.58. The van der Waals surface area contributed by atoms with Crippen molar-refractivity contribution < 1.29 is 18.0 Å². The molecule has 0 bridgehead atoms. The number of rotatable bonds is 9. The predicted molar refractivity (Wildman–Crippen MR) is 106 cm³/mol. The summed E-state index contributed by atoms with van der Waals surface area (Å²) in [6.45, 7) is 0.508. The van der Waals surface area contributed by atoms with Gasteiger partial charge in [-0.05, 0) is 35.5 Å². The molecule has 0 aliphatic rings. The fraction of sp³-hybridized carbons (Fsp3) is 0.188. The van der Waals surface area contributed by atoms with Crippen molar-refractivity contribution in [2.24, 2.45) is 16.6 Å². The molecule has 0 saturated carbocycles. The Morgan fingerprint density at radius 2 is 1.74 bits per heavy atom. The maximum absolute atomic E-state index is 12.6. The zero-order valence-electron chi connectivity index (χ0n) is 14.1. The molecule has 0 amide bonds. The lowest BCUT2D eigenvalue weighted by molar-refractivity contribution is 0.127. The van der Waals surface area contributed by atoms with Gasteiger partial charge in [-0.1, -0.05) is 35.3 Å². The van der Waals surface area contributed by atoms with Crippen LogP contribution in [0.2, 0.25) is 10.0 Å². The molecule has 0 aliphatic carbocycles. The monoisotopic (exact) mass is 432 g/mol. The average molecular weight is 433 g/mol. The summed E-state index contributed by atoms with van der Waals surface area (Å²) in [5, 5.41) is 3.82. The Balaban J connectivity index is 2.05. The van der Waals surface area contributed by atoms with E-state index >= 15 is 0 Å². The molecule has 0 radical (unpaired) electrons. The molecule has 146 valence electrons. The molecule has 0 spiro atoms. The second kappa shape index (κ2) is 9.54. The number of para-hydroxylation sites is 2. The number of hydrogen-bond acceptors (Lipinski definition) is 5. The lowest BCUT2D eigenvalue weighted by atomic mass is 10.3. The van der Waals surface area contributed by atoms with E-state index in [1.165, 1.54) is 18.2 Å². The minimum Gasteiger partial charge on any atom is -0.491 e. The number of benzene rings is 2. The van der Waals surface area contributed by atoms with Crippen LogP contribution in [0.15, 0.2) is 52.5 Å². The zero-order chi connectivity index (χ0) is 19.9. The third kappa shape index (κ3) is 6.70. The SMILES string of the molecule is NC(N)=NOCCCOc1ccccc1NS(=O)(=O)c1cc(Cl)cc(Cl)c1. The Bertz CT molecular complexity index is 898. The molecule has 2 rings (SSSR count). The summed E-state index contributed by atoms with van der Waals surface area (Å²) in [5.74, 6) is 0.188. The van der Waals surface area contributed by atoms with Crippen molar-refractivity contribution in [1.29, 1.82) is 0 Å². The van der Waals surface area contributed by atoms with Crippen LogP contribution in [0.25, 0.3) is 0 Å². The van der Waals surface area contributed by atoms with Crippen LogP contribution in [-0.2, 0) is 14.9 Å². The second-order valence-corrected chi connectivity index (χ2v) is 7.81. The largest absolute Gasteiger partial charge is 0.491 e. The molecule has 0 saturated heterocycles. The summed E-state index contributed by atoms with van der Waals surface area (Å²) in [6, 6.07) is 10.7. The van der Waals surface area contributed by atoms with Crippen LogP contribution in [0.3, 0.4) is 0 Å². The number of anilines is 1. The number of sulfonamides is 1. The Kier molecular flexibility index (Phi) is 7.40. The zero-order valence-corrected chi connectivity index (χ0v) is 16.4. The molecule has 2 aromatic rings. The van der Waals surface area contributed by atoms with E-state index in [2.05, 4.69) is 9.88 Å². The lowest BCUT2D eigenvalue weighted by Gasteiger charge is -2.14. The van der Waals surface area contributed by atoms with Gasteiger partial charge >= 0.3 is 0 Å². The van der Waals surface area contributed by atoms with Gasteiger partial charge in [0.2, 0.25) is 5.96 Å². The van der Waals surface area contributed by atoms with E-state index in [1.54, 1.807) is 24.3 Å². The van der Waals surface area contributed by atoms with Gasteiger partial charge in [0, 0.05) is 16.5 Å². The minimum absolute atomic E-state index is 0.0552. The third-order valence-electron chi connectivity index (χ3n) is 3.09. The lowest BCUT2D eigenvalue weighted by Crippen LogP contribution is -2.23. The van der Waals surface area contributed by atoms with Crippen molar-refractivity contribution in [1.82, 2.24) is 0 Å². The summed E-state index contributed by atoms with van der Waals surface area (Å²) in [4.78, 5) is 4.79. The Morgan fingerprint density at radius 1 is 1.07 bits per heavy atom. The van der Waals surface area contributed by atoms with Crippen molar-refractivity contribution in [2.45, 2.75) is 11.3 Å². The summed E-state index contributed by atoms with van der Waals surface area (Å²) >= 11 is 11.8. The molecule has 11 heteroatoms. The maximum Gasteiger partial charge on any atom is 0.262 e. The molecular weight excluding hydrogens is 415 g/mol. The van der Waals surface area contributed by atoms with Crippen LogP contribution in [0.5, 0.6) is 5.75 Å². The molecule has 0 aromatic heterocycles. The van der Waals surface area contributed by atoms with Gasteiger partial charge in [-0.15, -0.1) is 0 Å². The smallest absolute Gasteiger partial charge is 0.262 e. The van der Waals surface area contributed by atoms with Crippen LogP contribution in [0, 0.1) is 0 Å². The molecule has 0 aliphatic heterocycles. The van der Waals surface area contributed by atoms with Crippen LogP contribution in [0.1, 0.15) is 6.42 Å². The maximum atomic E-state index is 12.6. The van der Waals surface area contributed by atoms with Gasteiger partial charge in [0.05, 0.1) is 17.2 Å². The molecule has 27 heavy (non-hydrogen) atoms. The van der Waals surface area contributed by atoms with E-state index in [4.69, 9.17) is 44.2 Å². The fourth-order valence-corrected chi connectivity index (χ4v) is 3.79. The van der Waals surface area contributed by atoms with Crippen molar-refractivity contribution in [3.63, 3.8) is 0 Å². The van der Waals surface area contributed by atoms with Gasteiger partial charge in [-0.25, -0.2) is 8.42 Å². The van der Waals surface area contributed by atoms with E-state index < -0.39 is 10.0 Å². The highest BCUT2D eigenvalue weighted by Crippen LogP contribution is 2.28. The topological polar surface area (TPSA) is 129 Å². The Hall–Kier alpha value is -2.36. The number of guanidine groups is 1. The first kappa shape index (κ1) is 20.9. The van der Waals surface area contributed by atoms with Gasteiger partial charge in [0.25, 0.3) is 10.0 Å².